The van der Waals surface area contributed by atoms with Gasteiger partial charge in [0.1, 0.15) is 23.7 Å². The molecule has 246 valence electrons. The van der Waals surface area contributed by atoms with Crippen molar-refractivity contribution in [1.82, 2.24) is 0 Å². The van der Waals surface area contributed by atoms with Gasteiger partial charge in [-0.3, -0.25) is 0 Å². The lowest BCUT2D eigenvalue weighted by Gasteiger charge is -2.40. The first kappa shape index (κ1) is 31.3. The first-order valence-electron chi connectivity index (χ1n) is 18.2. The Morgan fingerprint density at radius 1 is 0.587 bits per heavy atom. The van der Waals surface area contributed by atoms with Crippen LogP contribution in [0.1, 0.15) is 102 Å². The zero-order valence-electron chi connectivity index (χ0n) is 27.5. The fraction of sp³-hybridized carbons (Fsp3) is 0.600. The Labute approximate surface area is 273 Å². The van der Waals surface area contributed by atoms with Crippen LogP contribution in [-0.4, -0.2) is 37.4 Å². The van der Waals surface area contributed by atoms with Gasteiger partial charge in [0.2, 0.25) is 0 Å². The van der Waals surface area contributed by atoms with E-state index in [0.29, 0.717) is 35.2 Å². The van der Waals surface area contributed by atoms with Gasteiger partial charge in [0.05, 0.1) is 0 Å². The molecule has 4 saturated carbocycles. The molecule has 4 aliphatic carbocycles. The number of carbonyl (C=O) groups is 2. The highest BCUT2D eigenvalue weighted by Crippen LogP contribution is 2.45. The second-order valence-electron chi connectivity index (χ2n) is 14.3. The van der Waals surface area contributed by atoms with Crippen LogP contribution in [0.2, 0.25) is 0 Å². The fourth-order valence-corrected chi connectivity index (χ4v) is 9.40. The first-order chi connectivity index (χ1) is 22.6. The van der Waals surface area contributed by atoms with Crippen molar-refractivity contribution >= 4 is 33.5 Å². The Bertz CT molecular complexity index is 1540. The topological polar surface area (TPSA) is 71.1 Å². The van der Waals surface area contributed by atoms with Crippen LogP contribution >= 0.6 is 0 Å². The van der Waals surface area contributed by atoms with Crippen molar-refractivity contribution in [2.45, 2.75) is 115 Å². The van der Waals surface area contributed by atoms with Gasteiger partial charge in [-0.15, -0.1) is 0 Å². The van der Waals surface area contributed by atoms with Crippen LogP contribution in [0, 0.1) is 23.7 Å². The van der Waals surface area contributed by atoms with Crippen molar-refractivity contribution in [1.29, 1.82) is 0 Å². The van der Waals surface area contributed by atoms with Gasteiger partial charge in [-0.05, 0) is 93.1 Å². The number of fused-ring (bicyclic) bond motifs is 4. The van der Waals surface area contributed by atoms with Gasteiger partial charge >= 0.3 is 11.9 Å². The SMILES string of the molecule is CCc1ccc2c(OCC(=O)OC3CCCC4CCCCC43)c3ccccc3c(OCC(=O)OC3CCCC4CCCCC43)c2c1. The van der Waals surface area contributed by atoms with Crippen molar-refractivity contribution in [2.75, 3.05) is 13.2 Å². The van der Waals surface area contributed by atoms with Crippen LogP contribution in [0.5, 0.6) is 11.5 Å². The van der Waals surface area contributed by atoms with E-state index in [1.807, 2.05) is 30.3 Å². The first-order valence-corrected chi connectivity index (χ1v) is 18.2. The minimum Gasteiger partial charge on any atom is -0.481 e. The number of hydrogen-bond donors (Lipinski definition) is 0. The number of ether oxygens (including phenoxy) is 4. The van der Waals surface area contributed by atoms with Gasteiger partial charge in [0.25, 0.3) is 0 Å². The summed E-state index contributed by atoms with van der Waals surface area (Å²) in [5.41, 5.74) is 1.16. The van der Waals surface area contributed by atoms with Crippen LogP contribution in [0.3, 0.4) is 0 Å². The summed E-state index contributed by atoms with van der Waals surface area (Å²) in [6.45, 7) is 1.84. The van der Waals surface area contributed by atoms with Crippen LogP contribution in [-0.2, 0) is 25.5 Å². The monoisotopic (exact) mass is 626 g/mol. The average molecular weight is 627 g/mol. The molecule has 6 heteroatoms. The number of aryl methyl sites for hydroxylation is 1. The quantitative estimate of drug-likeness (QED) is 0.174. The summed E-state index contributed by atoms with van der Waals surface area (Å²) < 4.78 is 24.9. The van der Waals surface area contributed by atoms with E-state index < -0.39 is 0 Å². The van der Waals surface area contributed by atoms with E-state index in [1.165, 1.54) is 51.4 Å². The van der Waals surface area contributed by atoms with E-state index in [1.54, 1.807) is 0 Å². The highest BCUT2D eigenvalue weighted by atomic mass is 16.6. The van der Waals surface area contributed by atoms with Gasteiger partial charge < -0.3 is 18.9 Å². The van der Waals surface area contributed by atoms with E-state index in [0.717, 1.165) is 72.1 Å². The normalized spacial score (nSPS) is 27.8. The van der Waals surface area contributed by atoms with E-state index >= 15 is 0 Å². The Morgan fingerprint density at radius 3 is 1.61 bits per heavy atom. The minimum absolute atomic E-state index is 0.00322. The van der Waals surface area contributed by atoms with Gasteiger partial charge in [0.15, 0.2) is 13.2 Å². The van der Waals surface area contributed by atoms with Crippen molar-refractivity contribution in [3.8, 4) is 11.5 Å². The minimum atomic E-state index is -0.301. The molecule has 7 rings (SSSR count). The molecule has 0 aliphatic heterocycles. The van der Waals surface area contributed by atoms with Gasteiger partial charge in [-0.2, -0.15) is 0 Å². The molecule has 6 nitrogen and oxygen atoms in total. The zero-order chi connectivity index (χ0) is 31.5. The highest BCUT2D eigenvalue weighted by molar-refractivity contribution is 6.11. The molecule has 0 spiro atoms. The van der Waals surface area contributed by atoms with E-state index in [9.17, 15) is 9.59 Å². The number of hydrogen-bond acceptors (Lipinski definition) is 6. The summed E-state index contributed by atoms with van der Waals surface area (Å²) in [4.78, 5) is 26.4. The maximum absolute atomic E-state index is 13.2. The van der Waals surface area contributed by atoms with E-state index in [-0.39, 0.29) is 37.4 Å². The maximum Gasteiger partial charge on any atom is 0.344 e. The molecule has 0 heterocycles. The molecule has 46 heavy (non-hydrogen) atoms. The second-order valence-corrected chi connectivity index (χ2v) is 14.3. The summed E-state index contributed by atoms with van der Waals surface area (Å²) in [6.07, 6.45) is 17.5. The zero-order valence-corrected chi connectivity index (χ0v) is 27.5. The lowest BCUT2D eigenvalue weighted by molar-refractivity contribution is -0.159. The van der Waals surface area contributed by atoms with Crippen LogP contribution in [0.4, 0.5) is 0 Å². The summed E-state index contributed by atoms with van der Waals surface area (Å²) >= 11 is 0. The summed E-state index contributed by atoms with van der Waals surface area (Å²) in [7, 11) is 0. The smallest absolute Gasteiger partial charge is 0.344 e. The maximum atomic E-state index is 13.2. The molecule has 4 aliphatic rings. The average Bonchev–Trinajstić information content (AvgIpc) is 3.09. The Kier molecular flexibility index (Phi) is 9.69. The lowest BCUT2D eigenvalue weighted by Crippen LogP contribution is -2.38. The predicted octanol–water partition coefficient (Wildman–Crippen LogP) is 9.12. The number of esters is 2. The van der Waals surface area contributed by atoms with Crippen LogP contribution < -0.4 is 9.47 Å². The van der Waals surface area contributed by atoms with Crippen LogP contribution in [0.25, 0.3) is 21.5 Å². The third kappa shape index (κ3) is 6.59. The predicted molar refractivity (Wildman–Crippen MR) is 180 cm³/mol. The molecule has 0 N–H and O–H groups in total. The molecule has 3 aromatic rings. The molecule has 3 aromatic carbocycles. The molecule has 6 atom stereocenters. The van der Waals surface area contributed by atoms with E-state index in [2.05, 4.69) is 19.1 Å². The van der Waals surface area contributed by atoms with Crippen molar-refractivity contribution in [2.24, 2.45) is 23.7 Å². The molecular formula is C40H50O6. The Balaban J connectivity index is 1.10. The summed E-state index contributed by atoms with van der Waals surface area (Å²) in [5, 5.41) is 3.42. The van der Waals surface area contributed by atoms with Crippen molar-refractivity contribution in [3.63, 3.8) is 0 Å². The van der Waals surface area contributed by atoms with Gasteiger partial charge in [-0.25, -0.2) is 9.59 Å². The van der Waals surface area contributed by atoms with Gasteiger partial charge in [-0.1, -0.05) is 81.8 Å². The molecule has 0 bridgehead atoms. The number of carbonyl (C=O) groups excluding carboxylic acids is 2. The largest absolute Gasteiger partial charge is 0.481 e. The second kappa shape index (κ2) is 14.2. The van der Waals surface area contributed by atoms with Gasteiger partial charge in [0, 0.05) is 21.5 Å². The standard InChI is InChI=1S/C40H50O6/c1-2-26-21-22-33-34(23-26)40(44-25-38(42)46-36-20-10-14-28-12-4-6-16-30(28)36)32-18-8-7-17-31(32)39(33)43-24-37(41)45-35-19-9-13-27-11-3-5-15-29(27)35/h7-8,17-18,21-23,27-30,35-36H,2-6,9-16,19-20,24-25H2,1H3. The molecule has 0 aromatic heterocycles. The molecule has 6 unspecified atom stereocenters. The number of rotatable bonds is 9. The molecule has 0 amide bonds. The molecule has 0 radical (unpaired) electrons. The third-order valence-corrected chi connectivity index (χ3v) is 11.7. The molecular weight excluding hydrogens is 576 g/mol. The highest BCUT2D eigenvalue weighted by Gasteiger charge is 2.38. The van der Waals surface area contributed by atoms with E-state index in [4.69, 9.17) is 18.9 Å². The molecule has 0 saturated heterocycles. The molecule has 4 fully saturated rings. The Morgan fingerprint density at radius 2 is 1.07 bits per heavy atom. The fourth-order valence-electron chi connectivity index (χ4n) is 9.40. The van der Waals surface area contributed by atoms with Crippen molar-refractivity contribution in [3.05, 3.63) is 48.0 Å². The lowest BCUT2D eigenvalue weighted by atomic mass is 9.69. The Hall–Kier alpha value is -3.28. The summed E-state index contributed by atoms with van der Waals surface area (Å²) in [6, 6.07) is 14.2. The van der Waals surface area contributed by atoms with Crippen molar-refractivity contribution < 1.29 is 28.5 Å². The number of benzene rings is 3. The third-order valence-electron chi connectivity index (χ3n) is 11.7. The summed E-state index contributed by atoms with van der Waals surface area (Å²) in [5.74, 6) is 3.06. The van der Waals surface area contributed by atoms with Crippen LogP contribution in [0.15, 0.2) is 42.5 Å².